The standard InChI is InChI=1S/C21H32N2O4S/c1-13-6-8-16(9-7-13)28(26,27)23-18(14(2)24)19(25)22-17-12-15-10-11-21(17,5)20(15,3)4/h6-9,14-15,17-18,23-24H,10-12H2,1-5H3,(H,22,25). The van der Waals surface area contributed by atoms with Gasteiger partial charge in [0.15, 0.2) is 0 Å². The lowest BCUT2D eigenvalue weighted by molar-refractivity contribution is -0.126. The summed E-state index contributed by atoms with van der Waals surface area (Å²) in [7, 11) is -3.92. The summed E-state index contributed by atoms with van der Waals surface area (Å²) in [5.74, 6) is 0.0808. The highest BCUT2D eigenvalue weighted by atomic mass is 32.2. The van der Waals surface area contributed by atoms with E-state index in [0.29, 0.717) is 5.92 Å². The van der Waals surface area contributed by atoms with E-state index >= 15 is 0 Å². The molecule has 1 aromatic carbocycles. The number of fused-ring (bicyclic) bond motifs is 2. The van der Waals surface area contributed by atoms with Crippen LogP contribution in [-0.2, 0) is 14.8 Å². The first kappa shape index (κ1) is 21.3. The SMILES string of the molecule is Cc1ccc(S(=O)(=O)NC(C(=O)NC2CC3CCC2(C)C3(C)C)C(C)O)cc1. The first-order chi connectivity index (χ1) is 12.9. The molecule has 7 heteroatoms. The van der Waals surface area contributed by atoms with Gasteiger partial charge in [0.2, 0.25) is 15.9 Å². The predicted octanol–water partition coefficient (Wildman–Crippen LogP) is 2.35. The Morgan fingerprint density at radius 3 is 2.29 bits per heavy atom. The summed E-state index contributed by atoms with van der Waals surface area (Å²) in [4.78, 5) is 13.0. The predicted molar refractivity (Wildman–Crippen MR) is 108 cm³/mol. The van der Waals surface area contributed by atoms with Crippen LogP contribution in [0.15, 0.2) is 29.2 Å². The summed E-state index contributed by atoms with van der Waals surface area (Å²) in [6.45, 7) is 10.0. The van der Waals surface area contributed by atoms with Crippen LogP contribution < -0.4 is 10.0 Å². The van der Waals surface area contributed by atoms with Gasteiger partial charge in [0.25, 0.3) is 0 Å². The molecule has 1 aromatic rings. The highest BCUT2D eigenvalue weighted by molar-refractivity contribution is 7.89. The molecule has 2 bridgehead atoms. The number of carbonyl (C=O) groups excluding carboxylic acids is 1. The second-order valence-electron chi connectivity index (χ2n) is 9.32. The maximum atomic E-state index is 12.9. The van der Waals surface area contributed by atoms with Gasteiger partial charge >= 0.3 is 0 Å². The molecule has 0 spiro atoms. The van der Waals surface area contributed by atoms with E-state index in [4.69, 9.17) is 0 Å². The zero-order valence-corrected chi connectivity index (χ0v) is 18.1. The summed E-state index contributed by atoms with van der Waals surface area (Å²) in [5.41, 5.74) is 1.05. The van der Waals surface area contributed by atoms with Gasteiger partial charge in [0.1, 0.15) is 6.04 Å². The Morgan fingerprint density at radius 2 is 1.82 bits per heavy atom. The van der Waals surface area contributed by atoms with Gasteiger partial charge in [-0.3, -0.25) is 4.79 Å². The molecule has 2 aliphatic rings. The summed E-state index contributed by atoms with van der Waals surface area (Å²) in [5, 5.41) is 13.2. The molecule has 0 radical (unpaired) electrons. The van der Waals surface area contributed by atoms with E-state index in [0.717, 1.165) is 24.8 Å². The van der Waals surface area contributed by atoms with Gasteiger partial charge in [-0.2, -0.15) is 4.72 Å². The van der Waals surface area contributed by atoms with E-state index in [1.165, 1.54) is 19.1 Å². The molecule has 6 nitrogen and oxygen atoms in total. The van der Waals surface area contributed by atoms with Crippen LogP contribution in [-0.4, -0.2) is 37.6 Å². The number of aryl methyl sites for hydroxylation is 1. The number of aliphatic hydroxyl groups excluding tert-OH is 1. The maximum absolute atomic E-state index is 12.9. The molecule has 0 aliphatic heterocycles. The van der Waals surface area contributed by atoms with E-state index in [2.05, 4.69) is 30.8 Å². The first-order valence-corrected chi connectivity index (χ1v) is 11.4. The van der Waals surface area contributed by atoms with Gasteiger partial charge in [-0.15, -0.1) is 0 Å². The lowest BCUT2D eigenvalue weighted by atomic mass is 9.69. The second kappa shape index (κ2) is 7.11. The van der Waals surface area contributed by atoms with Crippen LogP contribution in [0.1, 0.15) is 52.5 Å². The van der Waals surface area contributed by atoms with Crippen molar-refractivity contribution in [1.29, 1.82) is 0 Å². The fourth-order valence-electron chi connectivity index (χ4n) is 5.01. The van der Waals surface area contributed by atoms with Crippen molar-refractivity contribution < 1.29 is 18.3 Å². The average molecular weight is 409 g/mol. The Morgan fingerprint density at radius 1 is 1.21 bits per heavy atom. The normalized spacial score (nSPS) is 30.8. The Labute approximate surface area is 168 Å². The largest absolute Gasteiger partial charge is 0.391 e. The Balaban J connectivity index is 1.76. The van der Waals surface area contributed by atoms with Crippen molar-refractivity contribution in [2.75, 3.05) is 0 Å². The number of aliphatic hydroxyl groups is 1. The molecule has 0 aromatic heterocycles. The van der Waals surface area contributed by atoms with Crippen LogP contribution >= 0.6 is 0 Å². The topological polar surface area (TPSA) is 95.5 Å². The van der Waals surface area contributed by atoms with Crippen LogP contribution in [0.5, 0.6) is 0 Å². The monoisotopic (exact) mass is 408 g/mol. The highest BCUT2D eigenvalue weighted by Gasteiger charge is 2.61. The molecule has 3 rings (SSSR count). The van der Waals surface area contributed by atoms with Crippen molar-refractivity contribution in [1.82, 2.24) is 10.0 Å². The number of benzene rings is 1. The van der Waals surface area contributed by atoms with Gasteiger partial charge in [-0.25, -0.2) is 8.42 Å². The van der Waals surface area contributed by atoms with Crippen molar-refractivity contribution in [3.8, 4) is 0 Å². The van der Waals surface area contributed by atoms with Gasteiger partial charge < -0.3 is 10.4 Å². The third kappa shape index (κ3) is 3.48. The Kier molecular flexibility index (Phi) is 5.40. The molecule has 5 unspecified atom stereocenters. The summed E-state index contributed by atoms with van der Waals surface area (Å²) >= 11 is 0. The first-order valence-electron chi connectivity index (χ1n) is 9.96. The molecule has 0 heterocycles. The minimum absolute atomic E-state index is 0.0149. The number of nitrogens with one attached hydrogen (secondary N) is 2. The second-order valence-corrected chi connectivity index (χ2v) is 11.0. The van der Waals surface area contributed by atoms with Gasteiger partial charge in [0, 0.05) is 6.04 Å². The van der Waals surface area contributed by atoms with Crippen LogP contribution in [0.25, 0.3) is 0 Å². The summed E-state index contributed by atoms with van der Waals surface area (Å²) in [6.07, 6.45) is 1.95. The van der Waals surface area contributed by atoms with Crippen molar-refractivity contribution in [3.05, 3.63) is 29.8 Å². The van der Waals surface area contributed by atoms with Crippen LogP contribution in [0.3, 0.4) is 0 Å². The van der Waals surface area contributed by atoms with E-state index in [-0.39, 0.29) is 21.8 Å². The quantitative estimate of drug-likeness (QED) is 0.673. The van der Waals surface area contributed by atoms with Gasteiger partial charge in [0.05, 0.1) is 11.0 Å². The number of hydrogen-bond donors (Lipinski definition) is 3. The smallest absolute Gasteiger partial charge is 0.241 e. The van der Waals surface area contributed by atoms with Gasteiger partial charge in [-0.1, -0.05) is 38.5 Å². The third-order valence-electron chi connectivity index (χ3n) is 7.49. The molecule has 156 valence electrons. The summed E-state index contributed by atoms with van der Waals surface area (Å²) in [6, 6.07) is 5.13. The molecule has 2 aliphatic carbocycles. The highest BCUT2D eigenvalue weighted by Crippen LogP contribution is 2.65. The Bertz CT molecular complexity index is 848. The number of carbonyl (C=O) groups is 1. The van der Waals surface area contributed by atoms with Crippen LogP contribution in [0, 0.1) is 23.7 Å². The average Bonchev–Trinajstić information content (AvgIpc) is 2.93. The van der Waals surface area contributed by atoms with Crippen LogP contribution in [0.2, 0.25) is 0 Å². The minimum Gasteiger partial charge on any atom is -0.391 e. The molecule has 28 heavy (non-hydrogen) atoms. The molecule has 0 saturated heterocycles. The van der Waals surface area contributed by atoms with Crippen molar-refractivity contribution in [3.63, 3.8) is 0 Å². The van der Waals surface area contributed by atoms with E-state index < -0.39 is 28.1 Å². The Hall–Kier alpha value is -1.44. The molecule has 5 atom stereocenters. The zero-order chi connectivity index (χ0) is 20.9. The number of rotatable bonds is 6. The number of amides is 1. The number of sulfonamides is 1. The summed E-state index contributed by atoms with van der Waals surface area (Å²) < 4.78 is 27.8. The molecule has 2 fully saturated rings. The van der Waals surface area contributed by atoms with Gasteiger partial charge in [-0.05, 0) is 62.0 Å². The fourth-order valence-corrected chi connectivity index (χ4v) is 6.28. The van der Waals surface area contributed by atoms with E-state index in [1.54, 1.807) is 12.1 Å². The van der Waals surface area contributed by atoms with Crippen LogP contribution in [0.4, 0.5) is 0 Å². The lowest BCUT2D eigenvalue weighted by Crippen LogP contribution is -2.57. The molecule has 2 saturated carbocycles. The maximum Gasteiger partial charge on any atom is 0.241 e. The molecular formula is C21H32N2O4S. The molecule has 3 N–H and O–H groups in total. The number of hydrogen-bond acceptors (Lipinski definition) is 4. The van der Waals surface area contributed by atoms with E-state index in [1.807, 2.05) is 6.92 Å². The molecule has 1 amide bonds. The third-order valence-corrected chi connectivity index (χ3v) is 8.95. The van der Waals surface area contributed by atoms with Crippen molar-refractivity contribution >= 4 is 15.9 Å². The lowest BCUT2D eigenvalue weighted by Gasteiger charge is -2.40. The fraction of sp³-hybridized carbons (Fsp3) is 0.667. The minimum atomic E-state index is -3.92. The molecular weight excluding hydrogens is 376 g/mol. The van der Waals surface area contributed by atoms with Crippen molar-refractivity contribution in [2.45, 2.75) is 77.0 Å². The zero-order valence-electron chi connectivity index (χ0n) is 17.3. The van der Waals surface area contributed by atoms with E-state index in [9.17, 15) is 18.3 Å². The van der Waals surface area contributed by atoms with Crippen molar-refractivity contribution in [2.24, 2.45) is 16.7 Å².